The van der Waals surface area contributed by atoms with E-state index in [1.54, 1.807) is 6.20 Å². The van der Waals surface area contributed by atoms with E-state index in [-0.39, 0.29) is 6.10 Å². The molecule has 1 aliphatic rings. The number of fused-ring (bicyclic) bond motifs is 1. The van der Waals surface area contributed by atoms with Gasteiger partial charge in [-0.25, -0.2) is 4.79 Å². The minimum absolute atomic E-state index is 0.171. The molecule has 104 valence electrons. The lowest BCUT2D eigenvalue weighted by Crippen LogP contribution is -2.23. The second-order valence-electron chi connectivity index (χ2n) is 4.80. The number of aromatic nitrogens is 1. The van der Waals surface area contributed by atoms with Crippen LogP contribution in [0, 0.1) is 0 Å². The first-order valence-electron chi connectivity index (χ1n) is 6.59. The first-order valence-corrected chi connectivity index (χ1v) is 6.59. The number of carbonyl (C=O) groups is 1. The number of hydrogen-bond acceptors (Lipinski definition) is 4. The van der Waals surface area contributed by atoms with Crippen molar-refractivity contribution in [3.05, 3.63) is 36.5 Å². The van der Waals surface area contributed by atoms with E-state index in [1.807, 2.05) is 30.3 Å². The predicted octanol–water partition coefficient (Wildman–Crippen LogP) is 2.25. The number of carboxylic acid groups (broad SMARTS) is 1. The van der Waals surface area contributed by atoms with Gasteiger partial charge < -0.3 is 14.6 Å². The Morgan fingerprint density at radius 2 is 2.20 bits per heavy atom. The van der Waals surface area contributed by atoms with Gasteiger partial charge in [0.15, 0.2) is 6.10 Å². The van der Waals surface area contributed by atoms with Crippen molar-refractivity contribution in [2.75, 3.05) is 6.61 Å². The number of nitrogens with zero attached hydrogens (tertiary/aromatic N) is 1. The first kappa shape index (κ1) is 12.9. The SMILES string of the molecule is O=C(O)C1CCC(COc2cccc3cccnc23)O1. The molecule has 2 heterocycles. The summed E-state index contributed by atoms with van der Waals surface area (Å²) in [5.74, 6) is -0.204. The highest BCUT2D eigenvalue weighted by molar-refractivity contribution is 5.84. The number of rotatable bonds is 4. The highest BCUT2D eigenvalue weighted by Crippen LogP contribution is 2.25. The number of para-hydroxylation sites is 1. The van der Waals surface area contributed by atoms with Crippen molar-refractivity contribution in [2.45, 2.75) is 25.0 Å². The van der Waals surface area contributed by atoms with Crippen molar-refractivity contribution >= 4 is 16.9 Å². The van der Waals surface area contributed by atoms with Gasteiger partial charge in [-0.1, -0.05) is 18.2 Å². The van der Waals surface area contributed by atoms with Crippen LogP contribution in [-0.2, 0) is 9.53 Å². The van der Waals surface area contributed by atoms with Gasteiger partial charge in [0.2, 0.25) is 0 Å². The molecule has 3 rings (SSSR count). The van der Waals surface area contributed by atoms with Gasteiger partial charge in [-0.15, -0.1) is 0 Å². The van der Waals surface area contributed by atoms with E-state index in [9.17, 15) is 4.79 Å². The molecule has 0 amide bonds. The molecule has 1 fully saturated rings. The molecule has 1 saturated heterocycles. The van der Waals surface area contributed by atoms with Gasteiger partial charge >= 0.3 is 5.97 Å². The van der Waals surface area contributed by atoms with Crippen LogP contribution >= 0.6 is 0 Å². The fourth-order valence-electron chi connectivity index (χ4n) is 2.39. The van der Waals surface area contributed by atoms with Crippen LogP contribution in [0.25, 0.3) is 10.9 Å². The molecule has 2 aromatic rings. The lowest BCUT2D eigenvalue weighted by molar-refractivity contribution is -0.149. The van der Waals surface area contributed by atoms with Crippen LogP contribution in [0.3, 0.4) is 0 Å². The topological polar surface area (TPSA) is 68.7 Å². The zero-order valence-corrected chi connectivity index (χ0v) is 10.9. The molecule has 0 spiro atoms. The molecular formula is C15H15NO4. The van der Waals surface area contributed by atoms with Gasteiger partial charge in [-0.2, -0.15) is 0 Å². The Morgan fingerprint density at radius 3 is 3.00 bits per heavy atom. The standard InChI is InChI=1S/C15H15NO4/c17-15(18)13-7-6-11(20-13)9-19-12-5-1-3-10-4-2-8-16-14(10)12/h1-5,8,11,13H,6-7,9H2,(H,17,18). The Labute approximate surface area is 116 Å². The molecule has 0 saturated carbocycles. The minimum atomic E-state index is -0.903. The Hall–Kier alpha value is -2.14. The maximum atomic E-state index is 10.8. The molecule has 1 aliphatic heterocycles. The summed E-state index contributed by atoms with van der Waals surface area (Å²) in [7, 11) is 0. The summed E-state index contributed by atoms with van der Waals surface area (Å²) in [4.78, 5) is 15.1. The first-order chi connectivity index (χ1) is 9.74. The summed E-state index contributed by atoms with van der Waals surface area (Å²) < 4.78 is 11.2. The maximum absolute atomic E-state index is 10.8. The number of pyridine rings is 1. The highest BCUT2D eigenvalue weighted by atomic mass is 16.6. The van der Waals surface area contributed by atoms with E-state index < -0.39 is 12.1 Å². The summed E-state index contributed by atoms with van der Waals surface area (Å²) in [5, 5.41) is 9.90. The van der Waals surface area contributed by atoms with Crippen LogP contribution in [0.1, 0.15) is 12.8 Å². The zero-order valence-electron chi connectivity index (χ0n) is 10.9. The van der Waals surface area contributed by atoms with Crippen LogP contribution in [-0.4, -0.2) is 34.9 Å². The molecule has 0 bridgehead atoms. The van der Waals surface area contributed by atoms with Crippen LogP contribution in [0.5, 0.6) is 5.75 Å². The molecule has 20 heavy (non-hydrogen) atoms. The Balaban J connectivity index is 1.67. The third-order valence-corrected chi connectivity index (χ3v) is 3.40. The Morgan fingerprint density at radius 1 is 1.35 bits per heavy atom. The van der Waals surface area contributed by atoms with Gasteiger partial charge in [-0.05, 0) is 25.0 Å². The second kappa shape index (κ2) is 5.46. The largest absolute Gasteiger partial charge is 0.489 e. The van der Waals surface area contributed by atoms with Crippen LogP contribution in [0.15, 0.2) is 36.5 Å². The van der Waals surface area contributed by atoms with Gasteiger partial charge in [0.1, 0.15) is 17.9 Å². The molecule has 1 aromatic carbocycles. The van der Waals surface area contributed by atoms with E-state index >= 15 is 0 Å². The van der Waals surface area contributed by atoms with Crippen molar-refractivity contribution in [2.24, 2.45) is 0 Å². The smallest absolute Gasteiger partial charge is 0.332 e. The zero-order chi connectivity index (χ0) is 13.9. The quantitative estimate of drug-likeness (QED) is 0.925. The van der Waals surface area contributed by atoms with Crippen molar-refractivity contribution < 1.29 is 19.4 Å². The third-order valence-electron chi connectivity index (χ3n) is 3.40. The molecule has 1 N–H and O–H groups in total. The van der Waals surface area contributed by atoms with E-state index in [2.05, 4.69) is 4.98 Å². The number of hydrogen-bond donors (Lipinski definition) is 1. The second-order valence-corrected chi connectivity index (χ2v) is 4.80. The average Bonchev–Trinajstić information content (AvgIpc) is 2.94. The molecule has 2 unspecified atom stereocenters. The molecule has 0 radical (unpaired) electrons. The molecule has 0 aliphatic carbocycles. The summed E-state index contributed by atoms with van der Waals surface area (Å²) in [6.45, 7) is 0.347. The normalized spacial score (nSPS) is 22.0. The molecule has 1 aromatic heterocycles. The van der Waals surface area contributed by atoms with Gasteiger partial charge in [-0.3, -0.25) is 4.98 Å². The lowest BCUT2D eigenvalue weighted by Gasteiger charge is -2.13. The fourth-order valence-corrected chi connectivity index (χ4v) is 2.39. The molecular weight excluding hydrogens is 258 g/mol. The van der Waals surface area contributed by atoms with E-state index in [0.29, 0.717) is 25.2 Å². The Bertz CT molecular complexity index is 623. The van der Waals surface area contributed by atoms with E-state index in [4.69, 9.17) is 14.6 Å². The number of ether oxygens (including phenoxy) is 2. The summed E-state index contributed by atoms with van der Waals surface area (Å²) in [6.07, 6.45) is 2.10. The number of benzene rings is 1. The summed E-state index contributed by atoms with van der Waals surface area (Å²) in [5.41, 5.74) is 0.808. The van der Waals surface area contributed by atoms with Crippen LogP contribution < -0.4 is 4.74 Å². The lowest BCUT2D eigenvalue weighted by atomic mass is 10.2. The van der Waals surface area contributed by atoms with Crippen LogP contribution in [0.2, 0.25) is 0 Å². The average molecular weight is 273 g/mol. The molecule has 5 nitrogen and oxygen atoms in total. The van der Waals surface area contributed by atoms with E-state index in [0.717, 1.165) is 10.9 Å². The van der Waals surface area contributed by atoms with Crippen LogP contribution in [0.4, 0.5) is 0 Å². The summed E-state index contributed by atoms with van der Waals surface area (Å²) in [6, 6.07) is 9.60. The van der Waals surface area contributed by atoms with Gasteiger partial charge in [0.25, 0.3) is 0 Å². The minimum Gasteiger partial charge on any atom is -0.489 e. The van der Waals surface area contributed by atoms with Crippen molar-refractivity contribution in [1.29, 1.82) is 0 Å². The van der Waals surface area contributed by atoms with Crippen molar-refractivity contribution in [3.8, 4) is 5.75 Å². The third kappa shape index (κ3) is 2.58. The molecule has 5 heteroatoms. The predicted molar refractivity (Wildman–Crippen MR) is 72.8 cm³/mol. The monoisotopic (exact) mass is 273 g/mol. The Kier molecular flexibility index (Phi) is 3.52. The van der Waals surface area contributed by atoms with Gasteiger partial charge in [0, 0.05) is 11.6 Å². The van der Waals surface area contributed by atoms with Gasteiger partial charge in [0.05, 0.1) is 6.10 Å². The van der Waals surface area contributed by atoms with Crippen molar-refractivity contribution in [1.82, 2.24) is 4.98 Å². The maximum Gasteiger partial charge on any atom is 0.332 e. The highest BCUT2D eigenvalue weighted by Gasteiger charge is 2.30. The number of aliphatic carboxylic acids is 1. The number of carboxylic acids is 1. The molecule has 2 atom stereocenters. The summed E-state index contributed by atoms with van der Waals surface area (Å²) >= 11 is 0. The fraction of sp³-hybridized carbons (Fsp3) is 0.333. The van der Waals surface area contributed by atoms with Crippen molar-refractivity contribution in [3.63, 3.8) is 0 Å². The van der Waals surface area contributed by atoms with E-state index in [1.165, 1.54) is 0 Å².